The van der Waals surface area contributed by atoms with Gasteiger partial charge in [-0.05, 0) is 39.9 Å². The Kier molecular flexibility index (Phi) is 3.99. The molecule has 17 heavy (non-hydrogen) atoms. The van der Waals surface area contributed by atoms with E-state index in [2.05, 4.69) is 5.32 Å². The second-order valence-corrected chi connectivity index (χ2v) is 5.49. The van der Waals surface area contributed by atoms with E-state index in [9.17, 15) is 9.90 Å². The monoisotopic (exact) mass is 260 g/mol. The number of carbonyl (C=O) groups is 1. The minimum absolute atomic E-state index is 0.0389. The standard InChI is InChI=1S/C11H20N2O3S/c1-5-16-8(14)6-13-9(17)12-10(2,3)7-11(13,4)15/h15H,5-7H2,1-4H3,(H,12,17)/t11-/m1/s1. The van der Waals surface area contributed by atoms with Crippen molar-refractivity contribution in [1.29, 1.82) is 0 Å². The molecule has 1 fully saturated rings. The van der Waals surface area contributed by atoms with Crippen molar-refractivity contribution in [3.63, 3.8) is 0 Å². The summed E-state index contributed by atoms with van der Waals surface area (Å²) in [6.07, 6.45) is 0.472. The molecule has 2 N–H and O–H groups in total. The number of hydrogen-bond donors (Lipinski definition) is 2. The van der Waals surface area contributed by atoms with E-state index in [1.807, 2.05) is 13.8 Å². The smallest absolute Gasteiger partial charge is 0.325 e. The van der Waals surface area contributed by atoms with Crippen LogP contribution in [0.25, 0.3) is 0 Å². The number of aliphatic hydroxyl groups is 1. The Bertz CT molecular complexity index is 329. The third kappa shape index (κ3) is 3.54. The van der Waals surface area contributed by atoms with E-state index < -0.39 is 11.7 Å². The molecular formula is C11H20N2O3S. The van der Waals surface area contributed by atoms with E-state index in [0.29, 0.717) is 18.1 Å². The second-order valence-electron chi connectivity index (χ2n) is 5.10. The summed E-state index contributed by atoms with van der Waals surface area (Å²) < 4.78 is 4.86. The van der Waals surface area contributed by atoms with E-state index in [1.54, 1.807) is 13.8 Å². The van der Waals surface area contributed by atoms with E-state index in [0.717, 1.165) is 0 Å². The van der Waals surface area contributed by atoms with Gasteiger partial charge in [-0.25, -0.2) is 0 Å². The van der Waals surface area contributed by atoms with Gasteiger partial charge in [0.05, 0.1) is 6.61 Å². The number of carbonyl (C=O) groups excluding carboxylic acids is 1. The molecule has 5 nitrogen and oxygen atoms in total. The molecule has 0 aromatic rings. The van der Waals surface area contributed by atoms with Crippen LogP contribution in [0.15, 0.2) is 0 Å². The van der Waals surface area contributed by atoms with Crippen molar-refractivity contribution in [3.05, 3.63) is 0 Å². The average Bonchev–Trinajstić information content (AvgIpc) is 2.09. The summed E-state index contributed by atoms with van der Waals surface area (Å²) in [6, 6.07) is 0. The van der Waals surface area contributed by atoms with E-state index in [-0.39, 0.29) is 12.1 Å². The fraction of sp³-hybridized carbons (Fsp3) is 0.818. The van der Waals surface area contributed by atoms with Gasteiger partial charge in [0.1, 0.15) is 12.3 Å². The van der Waals surface area contributed by atoms with Gasteiger partial charge in [-0.15, -0.1) is 0 Å². The van der Waals surface area contributed by atoms with Gasteiger partial charge in [-0.2, -0.15) is 0 Å². The Morgan fingerprint density at radius 1 is 1.59 bits per heavy atom. The van der Waals surface area contributed by atoms with Crippen molar-refractivity contribution < 1.29 is 14.6 Å². The highest BCUT2D eigenvalue weighted by Gasteiger charge is 2.43. The van der Waals surface area contributed by atoms with Crippen molar-refractivity contribution >= 4 is 23.3 Å². The SMILES string of the molecule is CCOC(=O)CN1C(=S)NC(C)(C)C[C@@]1(C)O. The minimum Gasteiger partial charge on any atom is -0.465 e. The largest absolute Gasteiger partial charge is 0.465 e. The number of rotatable bonds is 3. The Morgan fingerprint density at radius 2 is 2.18 bits per heavy atom. The van der Waals surface area contributed by atoms with Crippen LogP contribution in [-0.2, 0) is 9.53 Å². The molecular weight excluding hydrogens is 240 g/mol. The summed E-state index contributed by atoms with van der Waals surface area (Å²) in [5.41, 5.74) is -1.43. The highest BCUT2D eigenvalue weighted by molar-refractivity contribution is 7.80. The molecule has 1 atom stereocenters. The molecule has 0 bridgehead atoms. The summed E-state index contributed by atoms with van der Waals surface area (Å²) in [7, 11) is 0. The van der Waals surface area contributed by atoms with Gasteiger partial charge < -0.3 is 20.1 Å². The maximum atomic E-state index is 11.4. The van der Waals surface area contributed by atoms with Gasteiger partial charge in [0.25, 0.3) is 0 Å². The lowest BCUT2D eigenvalue weighted by Gasteiger charge is -2.49. The van der Waals surface area contributed by atoms with Crippen LogP contribution in [0.3, 0.4) is 0 Å². The fourth-order valence-electron chi connectivity index (χ4n) is 2.13. The van der Waals surface area contributed by atoms with Gasteiger partial charge >= 0.3 is 5.97 Å². The van der Waals surface area contributed by atoms with Crippen molar-refractivity contribution in [2.24, 2.45) is 0 Å². The number of ether oxygens (including phenoxy) is 1. The van der Waals surface area contributed by atoms with Crippen LogP contribution in [0.4, 0.5) is 0 Å². The molecule has 0 amide bonds. The van der Waals surface area contributed by atoms with Crippen LogP contribution < -0.4 is 5.32 Å². The molecule has 0 radical (unpaired) electrons. The van der Waals surface area contributed by atoms with Gasteiger partial charge in [0, 0.05) is 12.0 Å². The Labute approximate surface area is 107 Å². The quantitative estimate of drug-likeness (QED) is 0.573. The van der Waals surface area contributed by atoms with Crippen LogP contribution in [0.5, 0.6) is 0 Å². The highest BCUT2D eigenvalue weighted by Crippen LogP contribution is 2.28. The number of thiocarbonyl (C=S) groups is 1. The normalized spacial score (nSPS) is 27.6. The van der Waals surface area contributed by atoms with E-state index in [1.165, 1.54) is 4.90 Å². The average molecular weight is 260 g/mol. The van der Waals surface area contributed by atoms with Crippen LogP contribution in [0.2, 0.25) is 0 Å². The van der Waals surface area contributed by atoms with Crippen LogP contribution in [0, 0.1) is 0 Å². The summed E-state index contributed by atoms with van der Waals surface area (Å²) in [5.74, 6) is -0.392. The second kappa shape index (κ2) is 4.78. The number of esters is 1. The predicted molar refractivity (Wildman–Crippen MR) is 68.4 cm³/mol. The first-order valence-electron chi connectivity index (χ1n) is 5.66. The van der Waals surface area contributed by atoms with Crippen LogP contribution in [0.1, 0.15) is 34.1 Å². The molecule has 0 saturated carbocycles. The number of nitrogens with zero attached hydrogens (tertiary/aromatic N) is 1. The van der Waals surface area contributed by atoms with Gasteiger partial charge in [0.2, 0.25) is 0 Å². The zero-order valence-corrected chi connectivity index (χ0v) is 11.6. The molecule has 1 heterocycles. The molecule has 1 aliphatic rings. The van der Waals surface area contributed by atoms with Crippen LogP contribution in [-0.4, -0.2) is 45.5 Å². The zero-order chi connectivity index (χ0) is 13.3. The maximum absolute atomic E-state index is 11.4. The number of hydrogen-bond acceptors (Lipinski definition) is 4. The topological polar surface area (TPSA) is 61.8 Å². The molecule has 1 saturated heterocycles. The molecule has 6 heteroatoms. The van der Waals surface area contributed by atoms with E-state index in [4.69, 9.17) is 17.0 Å². The molecule has 0 aliphatic carbocycles. The summed E-state index contributed by atoms with van der Waals surface area (Å²) in [4.78, 5) is 12.9. The molecule has 0 aromatic carbocycles. The van der Waals surface area contributed by atoms with Gasteiger partial charge in [-0.3, -0.25) is 4.79 Å². The van der Waals surface area contributed by atoms with E-state index >= 15 is 0 Å². The van der Waals surface area contributed by atoms with Crippen LogP contribution >= 0.6 is 12.2 Å². The zero-order valence-electron chi connectivity index (χ0n) is 10.7. The lowest BCUT2D eigenvalue weighted by Crippen LogP contribution is -2.67. The Hall–Kier alpha value is -0.880. The molecule has 0 spiro atoms. The molecule has 98 valence electrons. The summed E-state index contributed by atoms with van der Waals surface area (Å²) >= 11 is 5.17. The van der Waals surface area contributed by atoms with Crippen molar-refractivity contribution in [3.8, 4) is 0 Å². The lowest BCUT2D eigenvalue weighted by molar-refractivity contribution is -0.151. The predicted octanol–water partition coefficient (Wildman–Crippen LogP) is 0.617. The molecule has 1 aliphatic heterocycles. The third-order valence-electron chi connectivity index (χ3n) is 2.64. The Morgan fingerprint density at radius 3 is 2.65 bits per heavy atom. The highest BCUT2D eigenvalue weighted by atomic mass is 32.1. The molecule has 0 unspecified atom stereocenters. The van der Waals surface area contributed by atoms with Gasteiger partial charge in [-0.1, -0.05) is 0 Å². The minimum atomic E-state index is -1.14. The first kappa shape index (κ1) is 14.2. The van der Waals surface area contributed by atoms with Crippen molar-refractivity contribution in [1.82, 2.24) is 10.2 Å². The Balaban J connectivity index is 2.78. The van der Waals surface area contributed by atoms with Crippen molar-refractivity contribution in [2.75, 3.05) is 13.2 Å². The summed E-state index contributed by atoms with van der Waals surface area (Å²) in [5, 5.41) is 13.8. The third-order valence-corrected chi connectivity index (χ3v) is 2.96. The lowest BCUT2D eigenvalue weighted by atomic mass is 9.90. The maximum Gasteiger partial charge on any atom is 0.325 e. The van der Waals surface area contributed by atoms with Crippen molar-refractivity contribution in [2.45, 2.75) is 45.4 Å². The molecule has 1 rings (SSSR count). The molecule has 0 aromatic heterocycles. The fourth-order valence-corrected chi connectivity index (χ4v) is 2.67. The first-order valence-corrected chi connectivity index (χ1v) is 6.06. The summed E-state index contributed by atoms with van der Waals surface area (Å²) in [6.45, 7) is 7.58. The first-order chi connectivity index (χ1) is 7.68. The number of nitrogens with one attached hydrogen (secondary N) is 1. The van der Waals surface area contributed by atoms with Gasteiger partial charge in [0.15, 0.2) is 5.11 Å².